The maximum Gasteiger partial charge on any atom is 0.326 e. The van der Waals surface area contributed by atoms with E-state index in [1.807, 2.05) is 0 Å². The molecule has 2 aromatic carbocycles. The number of carboxylic acids is 1. The molecule has 0 spiro atoms. The van der Waals surface area contributed by atoms with E-state index in [9.17, 15) is 73.2 Å². The molecule has 10 amide bonds. The molecule has 28 nitrogen and oxygen atoms in total. The molecule has 1 saturated heterocycles. The highest BCUT2D eigenvalue weighted by Crippen LogP contribution is 2.24. The van der Waals surface area contributed by atoms with Crippen molar-refractivity contribution in [1.82, 2.24) is 47.9 Å². The van der Waals surface area contributed by atoms with Crippen molar-refractivity contribution < 1.29 is 73.2 Å². The third-order valence-electron chi connectivity index (χ3n) is 12.5. The molecular weight excluding hydrogens is 1100 g/mol. The average Bonchev–Trinajstić information content (AvgIpc) is 3.43. The Morgan fingerprint density at radius 3 is 1.70 bits per heavy atom. The molecule has 1 fully saturated rings. The van der Waals surface area contributed by atoms with Gasteiger partial charge in [0.15, 0.2) is 0 Å². The highest BCUT2D eigenvalue weighted by molar-refractivity contribution is 8.76. The number of hydrogen-bond acceptors (Lipinski definition) is 19. The van der Waals surface area contributed by atoms with E-state index in [0.29, 0.717) is 24.0 Å². The van der Waals surface area contributed by atoms with E-state index in [-0.39, 0.29) is 68.9 Å². The number of unbranched alkanes of at least 4 members (excludes halogenated alkanes) is 2. The number of phenolic OH excluding ortho intramolecular Hbond substituents is 1. The molecule has 448 valence electrons. The SMILES string of the molecule is CC1NC(=O)C(C(C)O)NC(=O)C(NC(=O)C(N)Cc2ccccc2)CSSCC(C(=O)NC(Cc2ccc(O)cc2)C(=O)O)NC(=O)C(CCCCN)NC(=O)C(CCCCN)NC(=O)C(CCC(N)=O)NC(=O)C(CO)NC1=O. The van der Waals surface area contributed by atoms with Crippen LogP contribution < -0.4 is 70.8 Å². The van der Waals surface area contributed by atoms with Crippen LogP contribution in [0.15, 0.2) is 54.6 Å². The lowest BCUT2D eigenvalue weighted by atomic mass is 10.0. The number of phenols is 1. The van der Waals surface area contributed by atoms with E-state index < -0.39 is 151 Å². The fourth-order valence-electron chi connectivity index (χ4n) is 7.86. The van der Waals surface area contributed by atoms with Crippen LogP contribution >= 0.6 is 21.6 Å². The van der Waals surface area contributed by atoms with Crippen molar-refractivity contribution in [2.24, 2.45) is 22.9 Å². The first-order valence-corrected chi connectivity index (χ1v) is 28.7. The number of primary amides is 1. The number of rotatable bonds is 22. The number of carbonyl (C=O) groups excluding carboxylic acids is 10. The molecule has 11 atom stereocenters. The van der Waals surface area contributed by atoms with Crippen molar-refractivity contribution >= 4 is 86.6 Å². The number of nitrogens with two attached hydrogens (primary N) is 4. The zero-order valence-electron chi connectivity index (χ0n) is 45.1. The van der Waals surface area contributed by atoms with Gasteiger partial charge in [0.1, 0.15) is 60.1 Å². The second-order valence-corrected chi connectivity index (χ2v) is 21.8. The van der Waals surface area contributed by atoms with Crippen molar-refractivity contribution in [3.05, 3.63) is 65.7 Å². The molecule has 0 saturated carbocycles. The molecular formula is C51H77N13O15S2. The molecule has 3 rings (SSSR count). The van der Waals surface area contributed by atoms with E-state index in [4.69, 9.17) is 22.9 Å². The third-order valence-corrected chi connectivity index (χ3v) is 15.0. The minimum atomic E-state index is -1.80. The maximum atomic E-state index is 14.5. The molecule has 11 unspecified atom stereocenters. The normalized spacial score (nSPS) is 23.5. The lowest BCUT2D eigenvalue weighted by Gasteiger charge is -2.28. The van der Waals surface area contributed by atoms with Gasteiger partial charge >= 0.3 is 5.97 Å². The first-order valence-electron chi connectivity index (χ1n) is 26.2. The predicted octanol–water partition coefficient (Wildman–Crippen LogP) is -4.74. The number of aliphatic carboxylic acids is 1. The van der Waals surface area contributed by atoms with Gasteiger partial charge in [0.05, 0.1) is 18.8 Å². The highest BCUT2D eigenvalue weighted by atomic mass is 33.1. The zero-order chi connectivity index (χ0) is 60.2. The van der Waals surface area contributed by atoms with Crippen molar-refractivity contribution in [3.63, 3.8) is 0 Å². The Labute approximate surface area is 476 Å². The van der Waals surface area contributed by atoms with Gasteiger partial charge in [-0.15, -0.1) is 0 Å². The summed E-state index contributed by atoms with van der Waals surface area (Å²) >= 11 is 0. The van der Waals surface area contributed by atoms with E-state index in [1.54, 1.807) is 30.3 Å². The first kappa shape index (κ1) is 68.2. The topological polar surface area (TPSA) is 481 Å². The molecule has 1 aliphatic heterocycles. The molecule has 0 aromatic heterocycles. The van der Waals surface area contributed by atoms with Crippen molar-refractivity contribution in [2.75, 3.05) is 31.2 Å². The zero-order valence-corrected chi connectivity index (χ0v) is 46.7. The largest absolute Gasteiger partial charge is 0.508 e. The van der Waals surface area contributed by atoms with Crippen molar-refractivity contribution in [3.8, 4) is 5.75 Å². The van der Waals surface area contributed by atoms with Gasteiger partial charge in [-0.25, -0.2) is 4.79 Å². The second-order valence-electron chi connectivity index (χ2n) is 19.2. The van der Waals surface area contributed by atoms with Gasteiger partial charge in [0.25, 0.3) is 0 Å². The summed E-state index contributed by atoms with van der Waals surface area (Å²) in [5.74, 6) is -12.2. The Morgan fingerprint density at radius 2 is 1.17 bits per heavy atom. The number of nitrogens with one attached hydrogen (secondary N) is 9. The van der Waals surface area contributed by atoms with Gasteiger partial charge in [-0.05, 0) is 102 Å². The van der Waals surface area contributed by atoms with Gasteiger partial charge in [-0.1, -0.05) is 64.1 Å². The summed E-state index contributed by atoms with van der Waals surface area (Å²) in [7, 11) is 1.77. The summed E-state index contributed by atoms with van der Waals surface area (Å²) in [5.41, 5.74) is 24.3. The minimum absolute atomic E-state index is 0.0358. The molecule has 1 heterocycles. The van der Waals surface area contributed by atoms with Crippen LogP contribution in [0.3, 0.4) is 0 Å². The quantitative estimate of drug-likeness (QED) is 0.0389. The van der Waals surface area contributed by atoms with E-state index in [0.717, 1.165) is 28.5 Å². The van der Waals surface area contributed by atoms with Crippen LogP contribution in [0.1, 0.15) is 76.3 Å². The van der Waals surface area contributed by atoms with Gasteiger partial charge in [0, 0.05) is 24.3 Å². The van der Waals surface area contributed by atoms with Crippen LogP contribution in [-0.2, 0) is 65.6 Å². The third kappa shape index (κ3) is 24.3. The summed E-state index contributed by atoms with van der Waals surface area (Å²) in [6.45, 7) is 1.63. The fourth-order valence-corrected chi connectivity index (χ4v) is 10.2. The molecule has 0 radical (unpaired) electrons. The minimum Gasteiger partial charge on any atom is -0.508 e. The van der Waals surface area contributed by atoms with Crippen LogP contribution in [0.25, 0.3) is 0 Å². The van der Waals surface area contributed by atoms with Gasteiger partial charge in [-0.2, -0.15) is 0 Å². The Hall–Kier alpha value is -7.09. The lowest BCUT2D eigenvalue weighted by Crippen LogP contribution is -2.62. The number of carboxylic acid groups (broad SMARTS) is 1. The van der Waals surface area contributed by atoms with Crippen LogP contribution in [0, 0.1) is 0 Å². The van der Waals surface area contributed by atoms with E-state index in [1.165, 1.54) is 31.2 Å². The maximum absolute atomic E-state index is 14.5. The average molecular weight is 1180 g/mol. The first-order chi connectivity index (χ1) is 38.5. The molecule has 1 aliphatic rings. The number of aliphatic hydroxyl groups is 2. The summed E-state index contributed by atoms with van der Waals surface area (Å²) in [6.07, 6.45) is -1.72. The fraction of sp³-hybridized carbons (Fsp3) is 0.549. The summed E-state index contributed by atoms with van der Waals surface area (Å²) < 4.78 is 0. The summed E-state index contributed by atoms with van der Waals surface area (Å²) in [4.78, 5) is 150. The van der Waals surface area contributed by atoms with E-state index >= 15 is 0 Å². The Morgan fingerprint density at radius 1 is 0.654 bits per heavy atom. The highest BCUT2D eigenvalue weighted by Gasteiger charge is 2.36. The number of aliphatic hydroxyl groups excluding tert-OH is 2. The summed E-state index contributed by atoms with van der Waals surface area (Å²) in [6, 6.07) is -1.36. The second kappa shape index (κ2) is 35.6. The number of benzene rings is 2. The Kier molecular flexibility index (Phi) is 30.0. The Bertz CT molecular complexity index is 2450. The smallest absolute Gasteiger partial charge is 0.326 e. The molecule has 21 N–H and O–H groups in total. The Balaban J connectivity index is 2.17. The van der Waals surface area contributed by atoms with Gasteiger partial charge in [0.2, 0.25) is 59.1 Å². The molecule has 0 aliphatic carbocycles. The van der Waals surface area contributed by atoms with Crippen LogP contribution in [0.5, 0.6) is 5.75 Å². The molecule has 2 aromatic rings. The number of amides is 10. The number of carbonyl (C=O) groups is 11. The van der Waals surface area contributed by atoms with Gasteiger partial charge in [-0.3, -0.25) is 47.9 Å². The summed E-state index contributed by atoms with van der Waals surface area (Å²) in [5, 5.41) is 63.1. The van der Waals surface area contributed by atoms with Crippen LogP contribution in [-0.4, -0.2) is 183 Å². The number of aromatic hydroxyl groups is 1. The molecule has 0 bridgehead atoms. The lowest BCUT2D eigenvalue weighted by molar-refractivity contribution is -0.142. The van der Waals surface area contributed by atoms with Crippen LogP contribution in [0.4, 0.5) is 0 Å². The monoisotopic (exact) mass is 1180 g/mol. The predicted molar refractivity (Wildman–Crippen MR) is 299 cm³/mol. The van der Waals surface area contributed by atoms with Crippen molar-refractivity contribution in [1.29, 1.82) is 0 Å². The van der Waals surface area contributed by atoms with E-state index in [2.05, 4.69) is 47.9 Å². The number of hydrogen-bond donors (Lipinski definition) is 17. The standard InChI is InChI=1S/C51H77N13O15S2/c1-27-42(69)61-37(24-65)47(74)59-35(18-19-40(55)68)46(73)58-33(12-6-8-20-52)44(71)57-34(13-7-9-21-53)45(72)63-38(48(75)60-36(51(78)79)23-30-14-16-31(67)17-15-30)25-80-81-26-39(49(76)64-41(28(2)66)50(77)56-27)62-43(70)32(54)22-29-10-4-3-5-11-29/h3-5,10-11,14-17,27-28,32-39,41,65-67H,6-9,12-13,18-26,52-54H2,1-2H3,(H2,55,68)(H,56,77)(H,57,71)(H,58,73)(H,59,74)(H,60,75)(H,61,69)(H,62,70)(H,63,72)(H,64,76)(H,78,79). The van der Waals surface area contributed by atoms with Gasteiger partial charge < -0.3 is 91.2 Å². The molecule has 30 heteroatoms. The van der Waals surface area contributed by atoms with Crippen molar-refractivity contribution in [2.45, 2.75) is 145 Å². The molecule has 81 heavy (non-hydrogen) atoms. The van der Waals surface area contributed by atoms with Crippen LogP contribution in [0.2, 0.25) is 0 Å².